The van der Waals surface area contributed by atoms with Crippen LogP contribution in [0.1, 0.15) is 21.5 Å². The number of halogens is 3. The van der Waals surface area contributed by atoms with Crippen molar-refractivity contribution in [2.24, 2.45) is 0 Å². The Morgan fingerprint density at radius 3 is 2.42 bits per heavy atom. The Bertz CT molecular complexity index is 835. The predicted molar refractivity (Wildman–Crippen MR) is 88.5 cm³/mol. The molecule has 1 saturated heterocycles. The molecule has 1 aromatic heterocycles. The number of aromatic nitrogens is 1. The number of hydrogen-bond acceptors (Lipinski definition) is 4. The molecular formula is C18H15F3N4O. The summed E-state index contributed by atoms with van der Waals surface area (Å²) < 4.78 is 37.8. The summed E-state index contributed by atoms with van der Waals surface area (Å²) in [6.45, 7) is 1.81. The van der Waals surface area contributed by atoms with Crippen LogP contribution in [0.3, 0.4) is 0 Å². The van der Waals surface area contributed by atoms with Gasteiger partial charge in [-0.1, -0.05) is 6.07 Å². The van der Waals surface area contributed by atoms with Crippen LogP contribution in [0.5, 0.6) is 0 Å². The van der Waals surface area contributed by atoms with Crippen molar-refractivity contribution in [2.75, 3.05) is 31.1 Å². The summed E-state index contributed by atoms with van der Waals surface area (Å²) in [5.74, 6) is 0.290. The number of anilines is 1. The number of pyridine rings is 1. The van der Waals surface area contributed by atoms with Crippen LogP contribution in [-0.2, 0) is 6.18 Å². The van der Waals surface area contributed by atoms with E-state index in [2.05, 4.69) is 4.98 Å². The van der Waals surface area contributed by atoms with Crippen LogP contribution >= 0.6 is 0 Å². The molecule has 134 valence electrons. The van der Waals surface area contributed by atoms with Gasteiger partial charge in [-0.3, -0.25) is 4.79 Å². The second-order valence-corrected chi connectivity index (χ2v) is 5.87. The van der Waals surface area contributed by atoms with E-state index in [1.807, 2.05) is 11.0 Å². The smallest absolute Gasteiger partial charge is 0.353 e. The van der Waals surface area contributed by atoms with E-state index in [0.29, 0.717) is 43.1 Å². The molecule has 0 radical (unpaired) electrons. The van der Waals surface area contributed by atoms with Crippen LogP contribution in [0.4, 0.5) is 19.0 Å². The minimum atomic E-state index is -4.41. The Morgan fingerprint density at radius 2 is 1.85 bits per heavy atom. The topological polar surface area (TPSA) is 60.2 Å². The molecule has 0 bridgehead atoms. The van der Waals surface area contributed by atoms with Gasteiger partial charge < -0.3 is 9.80 Å². The SMILES string of the molecule is N#Cc1cccc(C(=O)N2CCN(c3ccc(C(F)(F)F)cn3)CC2)c1. The molecule has 1 amide bonds. The van der Waals surface area contributed by atoms with Crippen molar-refractivity contribution in [3.63, 3.8) is 0 Å². The Hall–Kier alpha value is -3.08. The normalized spacial score (nSPS) is 14.8. The van der Waals surface area contributed by atoms with Crippen LogP contribution in [0.15, 0.2) is 42.6 Å². The molecular weight excluding hydrogens is 345 g/mol. The van der Waals surface area contributed by atoms with Gasteiger partial charge in [0.15, 0.2) is 0 Å². The van der Waals surface area contributed by atoms with E-state index < -0.39 is 11.7 Å². The van der Waals surface area contributed by atoms with Gasteiger partial charge in [0.05, 0.1) is 17.2 Å². The van der Waals surface area contributed by atoms with E-state index in [1.165, 1.54) is 6.07 Å². The zero-order chi connectivity index (χ0) is 18.7. The Morgan fingerprint density at radius 1 is 1.12 bits per heavy atom. The molecule has 8 heteroatoms. The van der Waals surface area contributed by atoms with Crippen LogP contribution in [0.25, 0.3) is 0 Å². The summed E-state index contributed by atoms with van der Waals surface area (Å²) in [6.07, 6.45) is -3.59. The average molecular weight is 360 g/mol. The molecule has 2 heterocycles. The summed E-state index contributed by atoms with van der Waals surface area (Å²) in [5.41, 5.74) is 0.0843. The van der Waals surface area contributed by atoms with Gasteiger partial charge >= 0.3 is 6.18 Å². The molecule has 0 N–H and O–H groups in total. The van der Waals surface area contributed by atoms with Crippen LogP contribution in [-0.4, -0.2) is 42.0 Å². The number of piperazine rings is 1. The fourth-order valence-electron chi connectivity index (χ4n) is 2.78. The average Bonchev–Trinajstić information content (AvgIpc) is 2.67. The highest BCUT2D eigenvalue weighted by Crippen LogP contribution is 2.29. The first-order valence-electron chi connectivity index (χ1n) is 7.96. The number of alkyl halides is 3. The zero-order valence-electron chi connectivity index (χ0n) is 13.7. The summed E-state index contributed by atoms with van der Waals surface area (Å²) in [6, 6.07) is 10.9. The van der Waals surface area contributed by atoms with Gasteiger partial charge in [0, 0.05) is 37.9 Å². The molecule has 0 aliphatic carbocycles. The molecule has 5 nitrogen and oxygen atoms in total. The lowest BCUT2D eigenvalue weighted by atomic mass is 10.1. The molecule has 0 saturated carbocycles. The van der Waals surface area contributed by atoms with E-state index in [4.69, 9.17) is 5.26 Å². The van der Waals surface area contributed by atoms with Crippen molar-refractivity contribution in [2.45, 2.75) is 6.18 Å². The third-order valence-corrected chi connectivity index (χ3v) is 4.20. The minimum absolute atomic E-state index is 0.165. The second-order valence-electron chi connectivity index (χ2n) is 5.87. The largest absolute Gasteiger partial charge is 0.417 e. The number of benzene rings is 1. The summed E-state index contributed by atoms with van der Waals surface area (Å²) in [4.78, 5) is 19.9. The second kappa shape index (κ2) is 7.04. The Kier molecular flexibility index (Phi) is 4.80. The maximum Gasteiger partial charge on any atom is 0.417 e. The fraction of sp³-hybridized carbons (Fsp3) is 0.278. The maximum absolute atomic E-state index is 12.6. The van der Waals surface area contributed by atoms with E-state index in [0.717, 1.165) is 12.3 Å². The summed E-state index contributed by atoms with van der Waals surface area (Å²) >= 11 is 0. The lowest BCUT2D eigenvalue weighted by Crippen LogP contribution is -2.49. The van der Waals surface area contributed by atoms with Gasteiger partial charge in [-0.05, 0) is 30.3 Å². The predicted octanol–water partition coefficient (Wildman–Crippen LogP) is 2.93. The molecule has 1 fully saturated rings. The van der Waals surface area contributed by atoms with Crippen LogP contribution < -0.4 is 4.90 Å². The number of carbonyl (C=O) groups excluding carboxylic acids is 1. The first kappa shape index (κ1) is 17.7. The number of rotatable bonds is 2. The molecule has 1 aliphatic heterocycles. The molecule has 1 aliphatic rings. The monoisotopic (exact) mass is 360 g/mol. The standard InChI is InChI=1S/C18H15F3N4O/c19-18(20,21)15-4-5-16(23-12-15)24-6-8-25(9-7-24)17(26)14-3-1-2-13(10-14)11-22/h1-5,10,12H,6-9H2. The van der Waals surface area contributed by atoms with Crippen molar-refractivity contribution < 1.29 is 18.0 Å². The van der Waals surface area contributed by atoms with Gasteiger partial charge in [-0.25, -0.2) is 4.98 Å². The zero-order valence-corrected chi connectivity index (χ0v) is 13.7. The maximum atomic E-state index is 12.6. The third-order valence-electron chi connectivity index (χ3n) is 4.20. The lowest BCUT2D eigenvalue weighted by Gasteiger charge is -2.35. The first-order chi connectivity index (χ1) is 12.4. The highest BCUT2D eigenvalue weighted by atomic mass is 19.4. The number of carbonyl (C=O) groups is 1. The highest BCUT2D eigenvalue weighted by molar-refractivity contribution is 5.94. The fourth-order valence-corrected chi connectivity index (χ4v) is 2.78. The van der Waals surface area contributed by atoms with Crippen molar-refractivity contribution in [3.05, 3.63) is 59.3 Å². The Labute approximate surface area is 148 Å². The Balaban J connectivity index is 1.64. The van der Waals surface area contributed by atoms with E-state index in [1.54, 1.807) is 29.2 Å². The van der Waals surface area contributed by atoms with E-state index in [9.17, 15) is 18.0 Å². The number of nitrogens with zero attached hydrogens (tertiary/aromatic N) is 4. The van der Waals surface area contributed by atoms with Crippen LogP contribution in [0.2, 0.25) is 0 Å². The van der Waals surface area contributed by atoms with Gasteiger partial charge in [-0.15, -0.1) is 0 Å². The van der Waals surface area contributed by atoms with Gasteiger partial charge in [0.25, 0.3) is 5.91 Å². The summed E-state index contributed by atoms with van der Waals surface area (Å²) in [5, 5.41) is 8.93. The van der Waals surface area contributed by atoms with Crippen LogP contribution in [0, 0.1) is 11.3 Å². The molecule has 0 spiro atoms. The molecule has 3 rings (SSSR count). The summed E-state index contributed by atoms with van der Waals surface area (Å²) in [7, 11) is 0. The number of nitriles is 1. The number of amides is 1. The van der Waals surface area contributed by atoms with Gasteiger partial charge in [0.1, 0.15) is 5.82 Å². The lowest BCUT2D eigenvalue weighted by molar-refractivity contribution is -0.137. The minimum Gasteiger partial charge on any atom is -0.353 e. The van der Waals surface area contributed by atoms with Crippen molar-refractivity contribution in [1.82, 2.24) is 9.88 Å². The first-order valence-corrected chi connectivity index (χ1v) is 7.96. The molecule has 0 unspecified atom stereocenters. The molecule has 26 heavy (non-hydrogen) atoms. The molecule has 0 atom stereocenters. The van der Waals surface area contributed by atoms with Crippen molar-refractivity contribution >= 4 is 11.7 Å². The van der Waals surface area contributed by atoms with E-state index in [-0.39, 0.29) is 5.91 Å². The highest BCUT2D eigenvalue weighted by Gasteiger charge is 2.31. The quantitative estimate of drug-likeness (QED) is 0.826. The molecule has 2 aromatic rings. The molecule has 1 aromatic carbocycles. The number of hydrogen-bond donors (Lipinski definition) is 0. The van der Waals surface area contributed by atoms with Crippen molar-refractivity contribution in [3.8, 4) is 6.07 Å². The van der Waals surface area contributed by atoms with E-state index >= 15 is 0 Å². The van der Waals surface area contributed by atoms with Gasteiger partial charge in [0.2, 0.25) is 0 Å². The van der Waals surface area contributed by atoms with Crippen molar-refractivity contribution in [1.29, 1.82) is 5.26 Å². The third kappa shape index (κ3) is 3.77. The van der Waals surface area contributed by atoms with Gasteiger partial charge in [-0.2, -0.15) is 18.4 Å².